The molecule has 0 radical (unpaired) electrons. The molecule has 0 aromatic carbocycles. The monoisotopic (exact) mass is 193 g/mol. The minimum absolute atomic E-state index is 0.139. The van der Waals surface area contributed by atoms with E-state index in [2.05, 4.69) is 33.6 Å². The molecule has 0 amide bonds. The van der Waals surface area contributed by atoms with Crippen molar-refractivity contribution in [2.75, 3.05) is 0 Å². The number of nitrogens with two attached hydrogens (primary N) is 1. The van der Waals surface area contributed by atoms with Gasteiger partial charge in [0.05, 0.1) is 0 Å². The molecule has 0 heterocycles. The second kappa shape index (κ2) is 3.28. The van der Waals surface area contributed by atoms with Crippen LogP contribution in [0.25, 0.3) is 0 Å². The third-order valence-corrected chi connectivity index (χ3v) is 3.07. The van der Waals surface area contributed by atoms with Crippen molar-refractivity contribution in [1.82, 2.24) is 0 Å². The van der Waals surface area contributed by atoms with E-state index >= 15 is 0 Å². The van der Waals surface area contributed by atoms with Crippen LogP contribution in [-0.2, 0) is 0 Å². The molecule has 0 atom stereocenters. The summed E-state index contributed by atoms with van der Waals surface area (Å²) in [6.45, 7) is 9.19. The molecule has 1 aliphatic carbocycles. The van der Waals surface area contributed by atoms with Crippen LogP contribution in [0.4, 0.5) is 0 Å². The highest BCUT2D eigenvalue weighted by molar-refractivity contribution is 5.06. The molecule has 1 fully saturated rings. The molecule has 0 bridgehead atoms. The lowest BCUT2D eigenvalue weighted by Gasteiger charge is -2.50. The Morgan fingerprint density at radius 2 is 1.50 bits per heavy atom. The summed E-state index contributed by atoms with van der Waals surface area (Å²) < 4.78 is 0. The van der Waals surface area contributed by atoms with Crippen LogP contribution in [0, 0.1) is 23.2 Å². The summed E-state index contributed by atoms with van der Waals surface area (Å²) >= 11 is 0. The number of terminal acetylenes is 1. The summed E-state index contributed by atoms with van der Waals surface area (Å²) in [5.41, 5.74) is 6.89. The van der Waals surface area contributed by atoms with Crippen LogP contribution in [0.5, 0.6) is 0 Å². The van der Waals surface area contributed by atoms with Gasteiger partial charge in [0, 0.05) is 12.0 Å². The molecule has 2 N–H and O–H groups in total. The van der Waals surface area contributed by atoms with E-state index in [1.165, 1.54) is 6.42 Å². The molecule has 1 rings (SSSR count). The van der Waals surface area contributed by atoms with Crippen molar-refractivity contribution < 1.29 is 0 Å². The molecule has 1 aliphatic rings. The summed E-state index contributed by atoms with van der Waals surface area (Å²) in [6.07, 6.45) is 9.44. The highest BCUT2D eigenvalue weighted by Crippen LogP contribution is 2.49. The van der Waals surface area contributed by atoms with Crippen molar-refractivity contribution in [2.24, 2.45) is 16.6 Å². The number of rotatable bonds is 1. The Hall–Kier alpha value is -0.480. The molecule has 0 aromatic rings. The summed E-state index contributed by atoms with van der Waals surface area (Å²) in [5, 5.41) is 0. The quantitative estimate of drug-likeness (QED) is 0.637. The van der Waals surface area contributed by atoms with E-state index in [0.29, 0.717) is 17.3 Å². The molecular formula is C13H23N. The average molecular weight is 193 g/mol. The zero-order chi connectivity index (χ0) is 11.0. The molecule has 0 unspecified atom stereocenters. The van der Waals surface area contributed by atoms with Gasteiger partial charge in [-0.25, -0.2) is 0 Å². The average Bonchev–Trinajstić information content (AvgIpc) is 1.75. The maximum Gasteiger partial charge on any atom is 0.0275 e. The lowest BCUT2D eigenvalue weighted by Crippen LogP contribution is -2.51. The summed E-state index contributed by atoms with van der Waals surface area (Å²) in [4.78, 5) is 0. The number of hydrogen-bond donors (Lipinski definition) is 1. The SMILES string of the molecule is C#CCC1(N)CC(C)(C)CC(C)(C)C1. The molecule has 1 heteroatoms. The molecule has 0 aromatic heterocycles. The fourth-order valence-electron chi connectivity index (χ4n) is 3.72. The van der Waals surface area contributed by atoms with Crippen LogP contribution in [0.2, 0.25) is 0 Å². The van der Waals surface area contributed by atoms with Crippen molar-refractivity contribution in [3.8, 4) is 12.3 Å². The molecule has 1 saturated carbocycles. The summed E-state index contributed by atoms with van der Waals surface area (Å²) in [5.74, 6) is 2.73. The topological polar surface area (TPSA) is 26.0 Å². The Morgan fingerprint density at radius 1 is 1.07 bits per heavy atom. The lowest BCUT2D eigenvalue weighted by molar-refractivity contribution is 0.0510. The predicted octanol–water partition coefficient (Wildman–Crippen LogP) is 2.94. The van der Waals surface area contributed by atoms with E-state index in [1.54, 1.807) is 0 Å². The molecule has 80 valence electrons. The van der Waals surface area contributed by atoms with Crippen molar-refractivity contribution in [2.45, 2.75) is 58.9 Å². The van der Waals surface area contributed by atoms with Gasteiger partial charge in [-0.15, -0.1) is 12.3 Å². The Morgan fingerprint density at radius 3 is 1.86 bits per heavy atom. The van der Waals surface area contributed by atoms with Crippen LogP contribution in [0.15, 0.2) is 0 Å². The van der Waals surface area contributed by atoms with E-state index in [-0.39, 0.29) is 5.54 Å². The summed E-state index contributed by atoms with van der Waals surface area (Å²) in [6, 6.07) is 0. The molecule has 1 nitrogen and oxygen atoms in total. The fourth-order valence-corrected chi connectivity index (χ4v) is 3.72. The van der Waals surface area contributed by atoms with E-state index < -0.39 is 0 Å². The smallest absolute Gasteiger partial charge is 0.0275 e. The van der Waals surface area contributed by atoms with Gasteiger partial charge in [0.15, 0.2) is 0 Å². The normalized spacial score (nSPS) is 28.0. The van der Waals surface area contributed by atoms with Crippen LogP contribution in [0.3, 0.4) is 0 Å². The first kappa shape index (κ1) is 11.6. The molecule has 14 heavy (non-hydrogen) atoms. The zero-order valence-corrected chi connectivity index (χ0v) is 9.98. The van der Waals surface area contributed by atoms with E-state index in [1.807, 2.05) is 0 Å². The third kappa shape index (κ3) is 2.75. The highest BCUT2D eigenvalue weighted by atomic mass is 14.8. The van der Waals surface area contributed by atoms with Gasteiger partial charge in [-0.1, -0.05) is 27.7 Å². The Labute approximate surface area is 88.5 Å². The Bertz CT molecular complexity index is 239. The maximum absolute atomic E-state index is 6.38. The summed E-state index contributed by atoms with van der Waals surface area (Å²) in [7, 11) is 0. The first-order valence-corrected chi connectivity index (χ1v) is 5.41. The van der Waals surface area contributed by atoms with E-state index in [4.69, 9.17) is 12.2 Å². The predicted molar refractivity (Wildman–Crippen MR) is 61.8 cm³/mol. The van der Waals surface area contributed by atoms with Gasteiger partial charge in [-0.3, -0.25) is 0 Å². The van der Waals surface area contributed by atoms with Gasteiger partial charge in [0.2, 0.25) is 0 Å². The minimum atomic E-state index is -0.139. The Balaban J connectivity index is 2.87. The van der Waals surface area contributed by atoms with Crippen LogP contribution < -0.4 is 5.73 Å². The van der Waals surface area contributed by atoms with Gasteiger partial charge in [-0.2, -0.15) is 0 Å². The first-order valence-electron chi connectivity index (χ1n) is 5.41. The highest BCUT2D eigenvalue weighted by Gasteiger charge is 2.44. The first-order chi connectivity index (χ1) is 6.18. The van der Waals surface area contributed by atoms with E-state index in [9.17, 15) is 0 Å². The molecular weight excluding hydrogens is 170 g/mol. The fraction of sp³-hybridized carbons (Fsp3) is 0.846. The van der Waals surface area contributed by atoms with Crippen LogP contribution >= 0.6 is 0 Å². The van der Waals surface area contributed by atoms with Gasteiger partial charge in [0.1, 0.15) is 0 Å². The van der Waals surface area contributed by atoms with Gasteiger partial charge >= 0.3 is 0 Å². The second-order valence-corrected chi connectivity index (χ2v) is 6.60. The van der Waals surface area contributed by atoms with Crippen LogP contribution in [0.1, 0.15) is 53.4 Å². The Kier molecular flexibility index (Phi) is 2.71. The van der Waals surface area contributed by atoms with Crippen molar-refractivity contribution in [3.05, 3.63) is 0 Å². The van der Waals surface area contributed by atoms with Crippen molar-refractivity contribution in [1.29, 1.82) is 0 Å². The van der Waals surface area contributed by atoms with Crippen molar-refractivity contribution >= 4 is 0 Å². The van der Waals surface area contributed by atoms with Crippen LogP contribution in [-0.4, -0.2) is 5.54 Å². The maximum atomic E-state index is 6.38. The van der Waals surface area contributed by atoms with Gasteiger partial charge in [-0.05, 0) is 30.1 Å². The molecule has 0 saturated heterocycles. The molecule has 0 spiro atoms. The second-order valence-electron chi connectivity index (χ2n) is 6.60. The number of hydrogen-bond acceptors (Lipinski definition) is 1. The van der Waals surface area contributed by atoms with Gasteiger partial charge < -0.3 is 5.73 Å². The lowest BCUT2D eigenvalue weighted by atomic mass is 9.58. The van der Waals surface area contributed by atoms with Gasteiger partial charge in [0.25, 0.3) is 0 Å². The van der Waals surface area contributed by atoms with Crippen molar-refractivity contribution in [3.63, 3.8) is 0 Å². The largest absolute Gasteiger partial charge is 0.324 e. The zero-order valence-electron chi connectivity index (χ0n) is 9.98. The van der Waals surface area contributed by atoms with E-state index in [0.717, 1.165) is 12.8 Å². The standard InChI is InChI=1S/C13H23N/c1-6-7-13(14)9-11(2,3)8-12(4,5)10-13/h1H,7-10,14H2,2-5H3. The minimum Gasteiger partial charge on any atom is -0.324 e. The third-order valence-electron chi connectivity index (χ3n) is 3.07. The molecule has 0 aliphatic heterocycles.